The Morgan fingerprint density at radius 2 is 2.04 bits per heavy atom. The average molecular weight is 319 g/mol. The molecule has 1 aromatic rings. The molecule has 2 aliphatic heterocycles. The molecule has 0 radical (unpaired) electrons. The van der Waals surface area contributed by atoms with Crippen molar-refractivity contribution in [2.75, 3.05) is 44.9 Å². The topological polar surface area (TPSA) is 71.1 Å². The normalized spacial score (nSPS) is 22.2. The van der Waals surface area contributed by atoms with Crippen molar-refractivity contribution in [3.05, 3.63) is 24.3 Å². The summed E-state index contributed by atoms with van der Waals surface area (Å²) in [5, 5.41) is 1.85. The van der Waals surface area contributed by atoms with Crippen molar-refractivity contribution in [2.24, 2.45) is 5.92 Å². The number of hydrogen-bond acceptors (Lipinski definition) is 5. The number of rotatable bonds is 4. The van der Waals surface area contributed by atoms with Crippen LogP contribution in [-0.2, 0) is 14.3 Å². The summed E-state index contributed by atoms with van der Waals surface area (Å²) in [6.07, 6.45) is 0.216. The highest BCUT2D eigenvalue weighted by atomic mass is 16.5. The van der Waals surface area contributed by atoms with Crippen LogP contribution in [0.4, 0.5) is 5.69 Å². The van der Waals surface area contributed by atoms with Crippen LogP contribution in [0, 0.1) is 5.92 Å². The zero-order chi connectivity index (χ0) is 16.2. The van der Waals surface area contributed by atoms with Crippen molar-refractivity contribution in [3.63, 3.8) is 0 Å². The van der Waals surface area contributed by atoms with Crippen molar-refractivity contribution < 1.29 is 19.1 Å². The molecule has 7 heteroatoms. The second kappa shape index (κ2) is 6.97. The van der Waals surface area contributed by atoms with Crippen LogP contribution in [0.5, 0.6) is 5.75 Å². The number of hydrazine groups is 1. The molecule has 124 valence electrons. The first-order chi connectivity index (χ1) is 11.2. The Hall–Kier alpha value is -2.12. The quantitative estimate of drug-likeness (QED) is 0.870. The number of methoxy groups -OCH3 is 1. The Morgan fingerprint density at radius 3 is 2.78 bits per heavy atom. The molecule has 2 heterocycles. The standard InChI is InChI=1S/C16H21N3O4/c1-22-14-5-3-2-4-13(14)19-11-12(10-15(19)20)16(21)17-18-6-8-23-9-7-18/h2-5,12H,6-11H2,1H3,(H,17,21)/t12-/m0/s1. The Labute approximate surface area is 135 Å². The van der Waals surface area contributed by atoms with Crippen LogP contribution < -0.4 is 15.1 Å². The van der Waals surface area contributed by atoms with E-state index in [-0.39, 0.29) is 24.2 Å². The van der Waals surface area contributed by atoms with Crippen molar-refractivity contribution in [1.29, 1.82) is 0 Å². The van der Waals surface area contributed by atoms with E-state index in [4.69, 9.17) is 9.47 Å². The van der Waals surface area contributed by atoms with Gasteiger partial charge in [-0.15, -0.1) is 0 Å². The van der Waals surface area contributed by atoms with Gasteiger partial charge in [0.15, 0.2) is 0 Å². The van der Waals surface area contributed by atoms with Crippen LogP contribution in [0.3, 0.4) is 0 Å². The van der Waals surface area contributed by atoms with E-state index in [0.717, 1.165) is 0 Å². The SMILES string of the molecule is COc1ccccc1N1C[C@@H](C(=O)NN2CCOCC2)CC1=O. The number of ether oxygens (including phenoxy) is 2. The molecular formula is C16H21N3O4. The van der Waals surface area contributed by atoms with E-state index in [9.17, 15) is 9.59 Å². The average Bonchev–Trinajstić information content (AvgIpc) is 2.97. The van der Waals surface area contributed by atoms with Gasteiger partial charge in [-0.05, 0) is 12.1 Å². The third-order valence-electron chi connectivity index (χ3n) is 4.15. The Bertz CT molecular complexity index is 586. The van der Waals surface area contributed by atoms with Gasteiger partial charge in [-0.25, -0.2) is 5.01 Å². The number of carbonyl (C=O) groups is 2. The molecule has 0 bridgehead atoms. The van der Waals surface area contributed by atoms with Gasteiger partial charge in [-0.1, -0.05) is 12.1 Å². The fourth-order valence-corrected chi connectivity index (χ4v) is 2.89. The first-order valence-corrected chi connectivity index (χ1v) is 7.75. The minimum Gasteiger partial charge on any atom is -0.495 e. The molecule has 0 unspecified atom stereocenters. The van der Waals surface area contributed by atoms with Gasteiger partial charge >= 0.3 is 0 Å². The highest BCUT2D eigenvalue weighted by Gasteiger charge is 2.36. The lowest BCUT2D eigenvalue weighted by molar-refractivity contribution is -0.132. The number of amides is 2. The van der Waals surface area contributed by atoms with E-state index < -0.39 is 0 Å². The maximum atomic E-state index is 12.4. The number of benzene rings is 1. The molecule has 0 spiro atoms. The predicted octanol–water partition coefficient (Wildman–Crippen LogP) is 0.411. The van der Waals surface area contributed by atoms with Gasteiger partial charge in [-0.3, -0.25) is 15.0 Å². The summed E-state index contributed by atoms with van der Waals surface area (Å²) >= 11 is 0. The van der Waals surface area contributed by atoms with Gasteiger partial charge in [-0.2, -0.15) is 0 Å². The minimum absolute atomic E-state index is 0.0587. The zero-order valence-electron chi connectivity index (χ0n) is 13.2. The van der Waals surface area contributed by atoms with E-state index >= 15 is 0 Å². The van der Waals surface area contributed by atoms with Crippen LogP contribution >= 0.6 is 0 Å². The van der Waals surface area contributed by atoms with E-state index in [2.05, 4.69) is 5.43 Å². The van der Waals surface area contributed by atoms with Crippen LogP contribution in [0.15, 0.2) is 24.3 Å². The van der Waals surface area contributed by atoms with Crippen LogP contribution in [0.1, 0.15) is 6.42 Å². The third-order valence-corrected chi connectivity index (χ3v) is 4.15. The first-order valence-electron chi connectivity index (χ1n) is 7.75. The van der Waals surface area contributed by atoms with Crippen molar-refractivity contribution in [2.45, 2.75) is 6.42 Å². The van der Waals surface area contributed by atoms with Crippen molar-refractivity contribution >= 4 is 17.5 Å². The maximum Gasteiger partial charge on any atom is 0.239 e. The minimum atomic E-state index is -0.352. The first kappa shape index (κ1) is 15.8. The Kier molecular flexibility index (Phi) is 4.78. The maximum absolute atomic E-state index is 12.4. The van der Waals surface area contributed by atoms with E-state index in [1.165, 1.54) is 0 Å². The summed E-state index contributed by atoms with van der Waals surface area (Å²) in [6.45, 7) is 2.93. The monoisotopic (exact) mass is 319 g/mol. The number of nitrogens with one attached hydrogen (secondary N) is 1. The summed E-state index contributed by atoms with van der Waals surface area (Å²) in [5.74, 6) is 0.111. The lowest BCUT2D eigenvalue weighted by Gasteiger charge is -2.28. The van der Waals surface area contributed by atoms with Crippen molar-refractivity contribution in [3.8, 4) is 5.75 Å². The predicted molar refractivity (Wildman–Crippen MR) is 84.0 cm³/mol. The molecule has 23 heavy (non-hydrogen) atoms. The van der Waals surface area contributed by atoms with Crippen LogP contribution in [0.25, 0.3) is 0 Å². The highest BCUT2D eigenvalue weighted by Crippen LogP contribution is 2.32. The van der Waals surface area contributed by atoms with Gasteiger partial charge in [0.05, 0.1) is 31.9 Å². The van der Waals surface area contributed by atoms with Gasteiger partial charge in [0, 0.05) is 26.1 Å². The smallest absolute Gasteiger partial charge is 0.239 e. The number of morpholine rings is 1. The molecule has 3 rings (SSSR count). The molecule has 7 nitrogen and oxygen atoms in total. The second-order valence-corrected chi connectivity index (χ2v) is 5.65. The number of carbonyl (C=O) groups excluding carboxylic acids is 2. The summed E-state index contributed by atoms with van der Waals surface area (Å²) in [6, 6.07) is 7.35. The molecule has 2 aliphatic rings. The molecule has 1 N–H and O–H groups in total. The fourth-order valence-electron chi connectivity index (χ4n) is 2.89. The summed E-state index contributed by atoms with van der Waals surface area (Å²) < 4.78 is 10.6. The number of nitrogens with zero attached hydrogens (tertiary/aromatic N) is 2. The Morgan fingerprint density at radius 1 is 1.30 bits per heavy atom. The molecule has 0 aliphatic carbocycles. The van der Waals surface area contributed by atoms with E-state index in [1.54, 1.807) is 12.0 Å². The fraction of sp³-hybridized carbons (Fsp3) is 0.500. The van der Waals surface area contributed by atoms with E-state index in [0.29, 0.717) is 44.3 Å². The van der Waals surface area contributed by atoms with Gasteiger partial charge in [0.2, 0.25) is 11.8 Å². The van der Waals surface area contributed by atoms with Crippen molar-refractivity contribution in [1.82, 2.24) is 10.4 Å². The largest absolute Gasteiger partial charge is 0.495 e. The summed E-state index contributed by atoms with van der Waals surface area (Å²) in [7, 11) is 1.57. The number of anilines is 1. The lowest BCUT2D eigenvalue weighted by Crippen LogP contribution is -2.50. The number of para-hydroxylation sites is 2. The molecular weight excluding hydrogens is 298 g/mol. The second-order valence-electron chi connectivity index (χ2n) is 5.65. The van der Waals surface area contributed by atoms with Gasteiger partial charge < -0.3 is 14.4 Å². The van der Waals surface area contributed by atoms with Crippen LogP contribution in [0.2, 0.25) is 0 Å². The molecule has 1 atom stereocenters. The summed E-state index contributed by atoms with van der Waals surface area (Å²) in [5.41, 5.74) is 3.60. The van der Waals surface area contributed by atoms with Gasteiger partial charge in [0.25, 0.3) is 0 Å². The third kappa shape index (κ3) is 3.46. The molecule has 2 saturated heterocycles. The zero-order valence-corrected chi connectivity index (χ0v) is 13.2. The molecule has 2 fully saturated rings. The highest BCUT2D eigenvalue weighted by molar-refractivity contribution is 6.01. The Balaban J connectivity index is 1.66. The summed E-state index contributed by atoms with van der Waals surface area (Å²) in [4.78, 5) is 26.3. The molecule has 0 saturated carbocycles. The lowest BCUT2D eigenvalue weighted by atomic mass is 10.1. The van der Waals surface area contributed by atoms with E-state index in [1.807, 2.05) is 29.3 Å². The molecule has 0 aromatic heterocycles. The van der Waals surface area contributed by atoms with Gasteiger partial charge in [0.1, 0.15) is 5.75 Å². The van der Waals surface area contributed by atoms with Crippen LogP contribution in [-0.4, -0.2) is 56.8 Å². The molecule has 2 amide bonds. The molecule has 1 aromatic carbocycles. The number of hydrogen-bond donors (Lipinski definition) is 1.